The van der Waals surface area contributed by atoms with Gasteiger partial charge in [0.1, 0.15) is 24.3 Å². The minimum absolute atomic E-state index is 0.214. The van der Waals surface area contributed by atoms with Crippen molar-refractivity contribution < 1.29 is 9.84 Å². The second kappa shape index (κ2) is 11.7. The average Bonchev–Trinajstić information content (AvgIpc) is 2.81. The minimum atomic E-state index is -0.652. The maximum atomic E-state index is 10.6. The van der Waals surface area contributed by atoms with Gasteiger partial charge in [-0.15, -0.1) is 0 Å². The fourth-order valence-corrected chi connectivity index (χ4v) is 3.70. The summed E-state index contributed by atoms with van der Waals surface area (Å²) in [7, 11) is 0. The van der Waals surface area contributed by atoms with Crippen molar-refractivity contribution in [1.29, 1.82) is 0 Å². The number of benzene rings is 2. The van der Waals surface area contributed by atoms with Crippen molar-refractivity contribution in [3.8, 4) is 5.75 Å². The minimum Gasteiger partial charge on any atom is -0.491 e. The SMILES string of the molecule is CCN(CC)c1ccc(CN(CC(O)COc2ccc(Br)cc2)c2ccccn2)cc1. The van der Waals surface area contributed by atoms with Crippen LogP contribution in [0.5, 0.6) is 5.75 Å². The number of hydrogen-bond acceptors (Lipinski definition) is 5. The summed E-state index contributed by atoms with van der Waals surface area (Å²) in [4.78, 5) is 8.90. The lowest BCUT2D eigenvalue weighted by molar-refractivity contribution is 0.112. The van der Waals surface area contributed by atoms with E-state index in [0.717, 1.165) is 29.1 Å². The first-order valence-corrected chi connectivity index (χ1v) is 11.4. The van der Waals surface area contributed by atoms with Crippen molar-refractivity contribution in [2.45, 2.75) is 26.5 Å². The molecule has 1 aromatic heterocycles. The Morgan fingerprint density at radius 1 is 0.935 bits per heavy atom. The first-order valence-electron chi connectivity index (χ1n) is 10.6. The van der Waals surface area contributed by atoms with Crippen molar-refractivity contribution in [2.24, 2.45) is 0 Å². The van der Waals surface area contributed by atoms with E-state index < -0.39 is 6.10 Å². The average molecular weight is 484 g/mol. The smallest absolute Gasteiger partial charge is 0.128 e. The third-order valence-electron chi connectivity index (χ3n) is 5.10. The Bertz CT molecular complexity index is 900. The Morgan fingerprint density at radius 3 is 2.26 bits per heavy atom. The van der Waals surface area contributed by atoms with E-state index in [1.807, 2.05) is 42.5 Å². The van der Waals surface area contributed by atoms with Gasteiger partial charge >= 0.3 is 0 Å². The lowest BCUT2D eigenvalue weighted by Gasteiger charge is -2.27. The van der Waals surface area contributed by atoms with E-state index in [4.69, 9.17) is 4.74 Å². The van der Waals surface area contributed by atoms with Crippen LogP contribution < -0.4 is 14.5 Å². The molecule has 2 aromatic carbocycles. The molecule has 3 rings (SSSR count). The summed E-state index contributed by atoms with van der Waals surface area (Å²) in [6.07, 6.45) is 1.12. The number of aliphatic hydroxyl groups excluding tert-OH is 1. The Kier molecular flexibility index (Phi) is 8.74. The summed E-state index contributed by atoms with van der Waals surface area (Å²) in [5.41, 5.74) is 2.39. The summed E-state index contributed by atoms with van der Waals surface area (Å²) in [6, 6.07) is 22.0. The van der Waals surface area contributed by atoms with Gasteiger partial charge in [0.15, 0.2) is 0 Å². The van der Waals surface area contributed by atoms with Gasteiger partial charge in [0, 0.05) is 42.5 Å². The molecule has 0 fully saturated rings. The second-order valence-electron chi connectivity index (χ2n) is 7.33. The third kappa shape index (κ3) is 6.97. The normalized spacial score (nSPS) is 11.7. The van der Waals surface area contributed by atoms with Crippen LogP contribution in [-0.4, -0.2) is 42.4 Å². The first-order chi connectivity index (χ1) is 15.1. The summed E-state index contributed by atoms with van der Waals surface area (Å²) < 4.78 is 6.75. The number of aliphatic hydroxyl groups is 1. The molecular formula is C25H30BrN3O2. The van der Waals surface area contributed by atoms with Crippen LogP contribution in [0.1, 0.15) is 19.4 Å². The van der Waals surface area contributed by atoms with E-state index in [0.29, 0.717) is 13.1 Å². The van der Waals surface area contributed by atoms with E-state index in [1.165, 1.54) is 11.3 Å². The Hall–Kier alpha value is -2.57. The lowest BCUT2D eigenvalue weighted by Crippen LogP contribution is -2.35. The summed E-state index contributed by atoms with van der Waals surface area (Å²) in [5, 5.41) is 10.6. The van der Waals surface area contributed by atoms with E-state index >= 15 is 0 Å². The molecule has 31 heavy (non-hydrogen) atoms. The van der Waals surface area contributed by atoms with E-state index in [-0.39, 0.29) is 6.61 Å². The zero-order valence-corrected chi connectivity index (χ0v) is 19.7. The van der Waals surface area contributed by atoms with Crippen LogP contribution in [0.25, 0.3) is 0 Å². The van der Waals surface area contributed by atoms with E-state index in [2.05, 4.69) is 68.8 Å². The lowest BCUT2D eigenvalue weighted by atomic mass is 10.1. The first kappa shape index (κ1) is 23.1. The highest BCUT2D eigenvalue weighted by molar-refractivity contribution is 9.10. The molecule has 0 saturated carbocycles. The van der Waals surface area contributed by atoms with Gasteiger partial charge in [-0.05, 0) is 67.9 Å². The molecular weight excluding hydrogens is 454 g/mol. The fourth-order valence-electron chi connectivity index (χ4n) is 3.43. The van der Waals surface area contributed by atoms with Gasteiger partial charge in [-0.25, -0.2) is 4.98 Å². The maximum absolute atomic E-state index is 10.6. The zero-order chi connectivity index (χ0) is 22.1. The van der Waals surface area contributed by atoms with Crippen LogP contribution in [-0.2, 0) is 6.54 Å². The number of aromatic nitrogens is 1. The van der Waals surface area contributed by atoms with Gasteiger partial charge in [0.05, 0.1) is 0 Å². The molecule has 1 atom stereocenters. The van der Waals surface area contributed by atoms with Crippen molar-refractivity contribution in [2.75, 3.05) is 36.0 Å². The van der Waals surface area contributed by atoms with Gasteiger partial charge in [0.2, 0.25) is 0 Å². The summed E-state index contributed by atoms with van der Waals surface area (Å²) >= 11 is 3.41. The predicted octanol–water partition coefficient (Wildman–Crippen LogP) is 5.14. The Labute approximate surface area is 193 Å². The van der Waals surface area contributed by atoms with Gasteiger partial charge in [-0.3, -0.25) is 0 Å². The van der Waals surface area contributed by atoms with Gasteiger partial charge in [-0.2, -0.15) is 0 Å². The molecule has 1 unspecified atom stereocenters. The topological polar surface area (TPSA) is 48.8 Å². The van der Waals surface area contributed by atoms with Crippen LogP contribution in [0.4, 0.5) is 11.5 Å². The maximum Gasteiger partial charge on any atom is 0.128 e. The second-order valence-corrected chi connectivity index (χ2v) is 8.24. The van der Waals surface area contributed by atoms with Gasteiger partial charge in [0.25, 0.3) is 0 Å². The van der Waals surface area contributed by atoms with Gasteiger partial charge in [-0.1, -0.05) is 34.1 Å². The molecule has 5 nitrogen and oxygen atoms in total. The number of anilines is 2. The predicted molar refractivity (Wildman–Crippen MR) is 131 cm³/mol. The third-order valence-corrected chi connectivity index (χ3v) is 5.63. The van der Waals surface area contributed by atoms with Crippen LogP contribution in [0.15, 0.2) is 77.4 Å². The highest BCUT2D eigenvalue weighted by Crippen LogP contribution is 2.20. The molecule has 0 spiro atoms. The molecule has 1 N–H and O–H groups in total. The van der Waals surface area contributed by atoms with Crippen LogP contribution in [0.2, 0.25) is 0 Å². The standard InChI is InChI=1S/C25H30BrN3O2/c1-3-28(4-2)22-12-8-20(9-13-22)17-29(25-7-5-6-16-27-25)18-23(30)19-31-24-14-10-21(26)11-15-24/h5-16,23,30H,3-4,17-19H2,1-2H3. The number of hydrogen-bond donors (Lipinski definition) is 1. The fraction of sp³-hybridized carbons (Fsp3) is 0.320. The molecule has 1 heterocycles. The number of halogens is 1. The summed E-state index contributed by atoms with van der Waals surface area (Å²) in [5.74, 6) is 1.57. The Balaban J connectivity index is 1.66. The van der Waals surface area contributed by atoms with E-state index in [9.17, 15) is 5.11 Å². The number of pyridine rings is 1. The van der Waals surface area contributed by atoms with Crippen molar-refractivity contribution >= 4 is 27.4 Å². The molecule has 0 radical (unpaired) electrons. The van der Waals surface area contributed by atoms with Gasteiger partial charge < -0.3 is 19.6 Å². The number of nitrogens with zero attached hydrogens (tertiary/aromatic N) is 3. The molecule has 3 aromatic rings. The van der Waals surface area contributed by atoms with Crippen LogP contribution >= 0.6 is 15.9 Å². The molecule has 0 aliphatic carbocycles. The van der Waals surface area contributed by atoms with Crippen molar-refractivity contribution in [1.82, 2.24) is 4.98 Å². The highest BCUT2D eigenvalue weighted by Gasteiger charge is 2.15. The summed E-state index contributed by atoms with van der Waals surface area (Å²) in [6.45, 7) is 7.60. The quantitative estimate of drug-likeness (QED) is 0.409. The molecule has 0 amide bonds. The Morgan fingerprint density at radius 2 is 1.65 bits per heavy atom. The zero-order valence-electron chi connectivity index (χ0n) is 18.1. The molecule has 6 heteroatoms. The molecule has 0 bridgehead atoms. The van der Waals surface area contributed by atoms with Crippen molar-refractivity contribution in [3.05, 3.63) is 83.0 Å². The monoisotopic (exact) mass is 483 g/mol. The molecule has 0 aliphatic rings. The molecule has 164 valence electrons. The highest BCUT2D eigenvalue weighted by atomic mass is 79.9. The largest absolute Gasteiger partial charge is 0.491 e. The number of ether oxygens (including phenoxy) is 1. The molecule has 0 saturated heterocycles. The number of rotatable bonds is 11. The molecule has 0 aliphatic heterocycles. The van der Waals surface area contributed by atoms with Crippen LogP contribution in [0.3, 0.4) is 0 Å². The van der Waals surface area contributed by atoms with Crippen LogP contribution in [0, 0.1) is 0 Å². The van der Waals surface area contributed by atoms with E-state index in [1.54, 1.807) is 6.20 Å². The van der Waals surface area contributed by atoms with Crippen molar-refractivity contribution in [3.63, 3.8) is 0 Å².